The van der Waals surface area contributed by atoms with E-state index in [0.29, 0.717) is 54.3 Å². The zero-order valence-electron chi connectivity index (χ0n) is 16.0. The van der Waals surface area contributed by atoms with Crippen molar-refractivity contribution in [3.8, 4) is 17.2 Å². The number of piperazine rings is 1. The second kappa shape index (κ2) is 8.87. The molecule has 1 aliphatic heterocycles. The van der Waals surface area contributed by atoms with E-state index in [2.05, 4.69) is 4.90 Å². The molecule has 0 atom stereocenters. The lowest BCUT2D eigenvalue weighted by Gasteiger charge is -2.34. The van der Waals surface area contributed by atoms with Gasteiger partial charge in [0, 0.05) is 38.3 Å². The summed E-state index contributed by atoms with van der Waals surface area (Å²) in [4.78, 5) is 2.19. The number of nitrogens with zero attached hydrogens (tertiary/aromatic N) is 2. The van der Waals surface area contributed by atoms with E-state index < -0.39 is 10.0 Å². The summed E-state index contributed by atoms with van der Waals surface area (Å²) in [6, 6.07) is 6.96. The molecule has 1 aliphatic rings. The van der Waals surface area contributed by atoms with Crippen molar-refractivity contribution in [2.45, 2.75) is 10.8 Å². The fourth-order valence-electron chi connectivity index (χ4n) is 3.22. The van der Waals surface area contributed by atoms with Gasteiger partial charge in [-0.15, -0.1) is 11.3 Å². The zero-order valence-corrected chi connectivity index (χ0v) is 18.4. The monoisotopic (exact) mass is 446 g/mol. The van der Waals surface area contributed by atoms with Crippen LogP contribution in [-0.2, 0) is 16.6 Å². The molecule has 0 N–H and O–H groups in total. The Hall–Kier alpha value is -1.52. The third-order valence-electron chi connectivity index (χ3n) is 4.65. The average Bonchev–Trinajstić information content (AvgIpc) is 3.15. The molecule has 0 unspecified atom stereocenters. The van der Waals surface area contributed by atoms with Gasteiger partial charge in [0.2, 0.25) is 5.75 Å². The molecular formula is C18H23ClN2O5S2. The van der Waals surface area contributed by atoms with Crippen molar-refractivity contribution in [2.75, 3.05) is 47.5 Å². The first-order valence-corrected chi connectivity index (χ1v) is 11.3. The lowest BCUT2D eigenvalue weighted by atomic mass is 10.1. The third-order valence-corrected chi connectivity index (χ3v) is 8.25. The normalized spacial score (nSPS) is 16.1. The first-order valence-electron chi connectivity index (χ1n) is 8.66. The van der Waals surface area contributed by atoms with Crippen molar-refractivity contribution in [3.05, 3.63) is 34.2 Å². The predicted octanol–water partition coefficient (Wildman–Crippen LogP) is 2.93. The van der Waals surface area contributed by atoms with Crippen LogP contribution in [0.25, 0.3) is 0 Å². The lowest BCUT2D eigenvalue weighted by Crippen LogP contribution is -2.48. The molecule has 7 nitrogen and oxygen atoms in total. The highest BCUT2D eigenvalue weighted by Gasteiger charge is 2.30. The summed E-state index contributed by atoms with van der Waals surface area (Å²) in [6.45, 7) is 2.72. The van der Waals surface area contributed by atoms with Crippen LogP contribution in [0.2, 0.25) is 4.34 Å². The van der Waals surface area contributed by atoms with Gasteiger partial charge in [-0.3, -0.25) is 4.90 Å². The molecule has 0 radical (unpaired) electrons. The molecule has 154 valence electrons. The molecule has 1 aromatic heterocycles. The Morgan fingerprint density at radius 2 is 1.64 bits per heavy atom. The Bertz CT molecular complexity index is 924. The van der Waals surface area contributed by atoms with Crippen molar-refractivity contribution < 1.29 is 22.6 Å². The Morgan fingerprint density at radius 1 is 0.964 bits per heavy atom. The first-order chi connectivity index (χ1) is 13.4. The molecule has 2 heterocycles. The number of halogens is 1. The standard InChI is InChI=1S/C18H23ClN2O5S2/c1-24-14-5-4-13(17(25-2)18(14)26-3)12-20-8-10-21(11-9-20)28(22,23)16-7-6-15(19)27-16/h4-7H,8-12H2,1-3H3. The summed E-state index contributed by atoms with van der Waals surface area (Å²) < 4.78 is 44.0. The maximum atomic E-state index is 12.7. The van der Waals surface area contributed by atoms with Gasteiger partial charge in [0.05, 0.1) is 25.7 Å². The minimum Gasteiger partial charge on any atom is -0.493 e. The molecule has 0 aliphatic carbocycles. The Balaban J connectivity index is 1.69. The second-order valence-electron chi connectivity index (χ2n) is 6.23. The third kappa shape index (κ3) is 4.23. The average molecular weight is 447 g/mol. The minimum absolute atomic E-state index is 0.285. The molecule has 0 amide bonds. The number of ether oxygens (including phenoxy) is 3. The van der Waals surface area contributed by atoms with Gasteiger partial charge in [-0.25, -0.2) is 8.42 Å². The Kier molecular flexibility index (Phi) is 6.72. The van der Waals surface area contributed by atoms with E-state index >= 15 is 0 Å². The van der Waals surface area contributed by atoms with Crippen molar-refractivity contribution in [1.82, 2.24) is 9.21 Å². The minimum atomic E-state index is -3.49. The van der Waals surface area contributed by atoms with E-state index in [1.165, 1.54) is 4.31 Å². The van der Waals surface area contributed by atoms with Gasteiger partial charge in [-0.05, 0) is 18.2 Å². The van der Waals surface area contributed by atoms with E-state index in [0.717, 1.165) is 16.9 Å². The number of rotatable bonds is 7. The maximum absolute atomic E-state index is 12.7. The van der Waals surface area contributed by atoms with Crippen LogP contribution in [0, 0.1) is 0 Å². The van der Waals surface area contributed by atoms with E-state index in [1.54, 1.807) is 33.5 Å². The number of hydrogen-bond acceptors (Lipinski definition) is 7. The largest absolute Gasteiger partial charge is 0.493 e. The molecule has 0 saturated carbocycles. The van der Waals surface area contributed by atoms with Gasteiger partial charge in [0.1, 0.15) is 4.21 Å². The molecule has 10 heteroatoms. The molecular weight excluding hydrogens is 424 g/mol. The van der Waals surface area contributed by atoms with E-state index in [4.69, 9.17) is 25.8 Å². The van der Waals surface area contributed by atoms with Crippen molar-refractivity contribution >= 4 is 33.0 Å². The number of benzene rings is 1. The predicted molar refractivity (Wildman–Crippen MR) is 109 cm³/mol. The Morgan fingerprint density at radius 3 is 2.18 bits per heavy atom. The molecule has 3 rings (SSSR count). The summed E-state index contributed by atoms with van der Waals surface area (Å²) in [7, 11) is 1.26. The van der Waals surface area contributed by atoms with Gasteiger partial charge in [0.25, 0.3) is 10.0 Å². The Labute approximate surface area is 174 Å². The molecule has 0 spiro atoms. The molecule has 1 aromatic carbocycles. The number of sulfonamides is 1. The maximum Gasteiger partial charge on any atom is 0.252 e. The fraction of sp³-hybridized carbons (Fsp3) is 0.444. The van der Waals surface area contributed by atoms with E-state index in [-0.39, 0.29) is 4.21 Å². The molecule has 28 heavy (non-hydrogen) atoms. The highest BCUT2D eigenvalue weighted by atomic mass is 35.5. The van der Waals surface area contributed by atoms with Gasteiger partial charge in [0.15, 0.2) is 11.5 Å². The first kappa shape index (κ1) is 21.2. The summed E-state index contributed by atoms with van der Waals surface area (Å²) in [6.07, 6.45) is 0. The molecule has 1 fully saturated rings. The van der Waals surface area contributed by atoms with Crippen LogP contribution in [0.5, 0.6) is 17.2 Å². The zero-order chi connectivity index (χ0) is 20.3. The van der Waals surface area contributed by atoms with Crippen LogP contribution in [0.15, 0.2) is 28.5 Å². The highest BCUT2D eigenvalue weighted by molar-refractivity contribution is 7.91. The number of hydrogen-bond donors (Lipinski definition) is 0. The van der Waals surface area contributed by atoms with Gasteiger partial charge < -0.3 is 14.2 Å². The topological polar surface area (TPSA) is 68.3 Å². The lowest BCUT2D eigenvalue weighted by molar-refractivity contribution is 0.179. The number of thiophene rings is 1. The van der Waals surface area contributed by atoms with Crippen LogP contribution >= 0.6 is 22.9 Å². The SMILES string of the molecule is COc1ccc(CN2CCN(S(=O)(=O)c3ccc(Cl)s3)CC2)c(OC)c1OC. The molecule has 2 aromatic rings. The molecule has 1 saturated heterocycles. The van der Waals surface area contributed by atoms with Crippen molar-refractivity contribution in [2.24, 2.45) is 0 Å². The summed E-state index contributed by atoms with van der Waals surface area (Å²) in [5, 5.41) is 0. The van der Waals surface area contributed by atoms with Crippen LogP contribution in [-0.4, -0.2) is 65.1 Å². The van der Waals surface area contributed by atoms with Crippen LogP contribution in [0.4, 0.5) is 0 Å². The van der Waals surface area contributed by atoms with Crippen LogP contribution in [0.3, 0.4) is 0 Å². The second-order valence-corrected chi connectivity index (χ2v) is 10.1. The van der Waals surface area contributed by atoms with Crippen molar-refractivity contribution in [3.63, 3.8) is 0 Å². The molecule has 0 bridgehead atoms. The summed E-state index contributed by atoms with van der Waals surface area (Å²) in [5.74, 6) is 1.79. The fourth-order valence-corrected chi connectivity index (χ4v) is 6.28. The van der Waals surface area contributed by atoms with Crippen molar-refractivity contribution in [1.29, 1.82) is 0 Å². The van der Waals surface area contributed by atoms with Gasteiger partial charge >= 0.3 is 0 Å². The van der Waals surface area contributed by atoms with E-state index in [9.17, 15) is 8.42 Å². The van der Waals surface area contributed by atoms with Crippen LogP contribution in [0.1, 0.15) is 5.56 Å². The van der Waals surface area contributed by atoms with Gasteiger partial charge in [-0.1, -0.05) is 17.7 Å². The highest BCUT2D eigenvalue weighted by Crippen LogP contribution is 2.40. The summed E-state index contributed by atoms with van der Waals surface area (Å²) >= 11 is 6.97. The quantitative estimate of drug-likeness (QED) is 0.651. The van der Waals surface area contributed by atoms with Crippen LogP contribution < -0.4 is 14.2 Å². The number of methoxy groups -OCH3 is 3. The smallest absolute Gasteiger partial charge is 0.252 e. The van der Waals surface area contributed by atoms with Gasteiger partial charge in [-0.2, -0.15) is 4.31 Å². The summed E-state index contributed by atoms with van der Waals surface area (Å²) in [5.41, 5.74) is 0.960. The van der Waals surface area contributed by atoms with E-state index in [1.807, 2.05) is 12.1 Å².